The van der Waals surface area contributed by atoms with E-state index in [0.29, 0.717) is 6.61 Å². The highest BCUT2D eigenvalue weighted by molar-refractivity contribution is 9.09. The number of ether oxygens (including phenoxy) is 1. The fourth-order valence-corrected chi connectivity index (χ4v) is 2.62. The third-order valence-corrected chi connectivity index (χ3v) is 3.74. The van der Waals surface area contributed by atoms with Gasteiger partial charge < -0.3 is 9.84 Å². The summed E-state index contributed by atoms with van der Waals surface area (Å²) in [5, 5.41) is 10.8. The van der Waals surface area contributed by atoms with Gasteiger partial charge >= 0.3 is 5.97 Å². The highest BCUT2D eigenvalue weighted by Crippen LogP contribution is 2.43. The number of hydrogen-bond donors (Lipinski definition) is 1. The molecular formula is C11H19BrO3. The number of carbonyl (C=O) groups excluding carboxylic acids is 1. The van der Waals surface area contributed by atoms with Crippen molar-refractivity contribution in [2.24, 2.45) is 5.41 Å². The molecule has 0 aliphatic heterocycles. The number of rotatable bonds is 5. The van der Waals surface area contributed by atoms with E-state index in [1.807, 2.05) is 0 Å². The number of alkyl halides is 1. The molecule has 2 unspecified atom stereocenters. The predicted molar refractivity (Wildman–Crippen MR) is 62.0 cm³/mol. The fraction of sp³-hybridized carbons (Fsp3) is 0.909. The molecule has 1 aliphatic carbocycles. The Morgan fingerprint density at radius 2 is 2.40 bits per heavy atom. The summed E-state index contributed by atoms with van der Waals surface area (Å²) >= 11 is 3.36. The van der Waals surface area contributed by atoms with E-state index in [2.05, 4.69) is 15.9 Å². The Morgan fingerprint density at radius 3 is 2.87 bits per heavy atom. The Balaban J connectivity index is 2.71. The molecule has 0 aromatic heterocycles. The Hall–Kier alpha value is -0.0900. The maximum absolute atomic E-state index is 11.9. The average Bonchev–Trinajstić information content (AvgIpc) is 2.58. The molecule has 0 spiro atoms. The molecule has 1 aliphatic rings. The molecule has 1 saturated carbocycles. The molecule has 0 aromatic carbocycles. The van der Waals surface area contributed by atoms with Crippen LogP contribution in [0.25, 0.3) is 0 Å². The van der Waals surface area contributed by atoms with Crippen LogP contribution in [0.4, 0.5) is 0 Å². The van der Waals surface area contributed by atoms with Crippen molar-refractivity contribution in [1.82, 2.24) is 0 Å². The van der Waals surface area contributed by atoms with E-state index in [4.69, 9.17) is 4.74 Å². The van der Waals surface area contributed by atoms with Crippen LogP contribution in [0.15, 0.2) is 0 Å². The molecule has 0 aromatic rings. The Kier molecular flexibility index (Phi) is 5.06. The standard InChI is InChI=1S/C11H19BrO3/c1-2-15-10(14)11(7-4-8-12)6-3-5-9(11)13/h9,13H,2-8H2,1H3. The van der Waals surface area contributed by atoms with E-state index < -0.39 is 11.5 Å². The van der Waals surface area contributed by atoms with Gasteiger partial charge in [0.05, 0.1) is 18.1 Å². The van der Waals surface area contributed by atoms with Crippen molar-refractivity contribution in [2.75, 3.05) is 11.9 Å². The van der Waals surface area contributed by atoms with Gasteiger partial charge in [-0.2, -0.15) is 0 Å². The molecule has 15 heavy (non-hydrogen) atoms. The summed E-state index contributed by atoms with van der Waals surface area (Å²) in [5.41, 5.74) is -0.621. The zero-order valence-corrected chi connectivity index (χ0v) is 10.8. The molecular weight excluding hydrogens is 260 g/mol. The molecule has 4 heteroatoms. The third kappa shape index (κ3) is 2.72. The number of aliphatic hydroxyl groups excluding tert-OH is 1. The van der Waals surface area contributed by atoms with Crippen LogP contribution in [0, 0.1) is 5.41 Å². The Bertz CT molecular complexity index is 220. The molecule has 3 nitrogen and oxygen atoms in total. The second-order valence-electron chi connectivity index (χ2n) is 4.08. The molecule has 0 amide bonds. The monoisotopic (exact) mass is 278 g/mol. The van der Waals surface area contributed by atoms with Crippen LogP contribution < -0.4 is 0 Å². The van der Waals surface area contributed by atoms with Crippen molar-refractivity contribution < 1.29 is 14.6 Å². The number of carbonyl (C=O) groups is 1. The van der Waals surface area contributed by atoms with E-state index in [1.54, 1.807) is 6.92 Å². The number of aliphatic hydroxyl groups is 1. The molecule has 1 N–H and O–H groups in total. The normalized spacial score (nSPS) is 30.5. The van der Waals surface area contributed by atoms with Crippen LogP contribution in [0.2, 0.25) is 0 Å². The van der Waals surface area contributed by atoms with Gasteiger partial charge in [0.25, 0.3) is 0 Å². The van der Waals surface area contributed by atoms with E-state index >= 15 is 0 Å². The summed E-state index contributed by atoms with van der Waals surface area (Å²) in [6.07, 6.45) is 3.51. The van der Waals surface area contributed by atoms with Gasteiger partial charge in [-0.3, -0.25) is 4.79 Å². The Morgan fingerprint density at radius 1 is 1.67 bits per heavy atom. The maximum atomic E-state index is 11.9. The minimum atomic E-state index is -0.621. The first-order valence-electron chi connectivity index (χ1n) is 5.58. The number of halogens is 1. The number of hydrogen-bond acceptors (Lipinski definition) is 3. The molecule has 0 radical (unpaired) electrons. The minimum absolute atomic E-state index is 0.212. The van der Waals surface area contributed by atoms with Crippen molar-refractivity contribution >= 4 is 21.9 Å². The summed E-state index contributed by atoms with van der Waals surface area (Å²) in [4.78, 5) is 11.9. The Labute approximate surface area is 99.3 Å². The van der Waals surface area contributed by atoms with Crippen molar-refractivity contribution in [3.8, 4) is 0 Å². The van der Waals surface area contributed by atoms with Crippen molar-refractivity contribution in [1.29, 1.82) is 0 Å². The molecule has 2 atom stereocenters. The SMILES string of the molecule is CCOC(=O)C1(CCCBr)CCCC1O. The van der Waals surface area contributed by atoms with Gasteiger partial charge in [-0.05, 0) is 39.0 Å². The summed E-state index contributed by atoms with van der Waals surface area (Å²) < 4.78 is 5.08. The summed E-state index contributed by atoms with van der Waals surface area (Å²) in [7, 11) is 0. The van der Waals surface area contributed by atoms with E-state index in [-0.39, 0.29) is 5.97 Å². The molecule has 1 rings (SSSR count). The molecule has 0 bridgehead atoms. The molecule has 0 saturated heterocycles. The van der Waals surface area contributed by atoms with Crippen molar-refractivity contribution in [2.45, 2.75) is 45.1 Å². The lowest BCUT2D eigenvalue weighted by Gasteiger charge is -2.29. The van der Waals surface area contributed by atoms with Gasteiger partial charge in [0, 0.05) is 5.33 Å². The topological polar surface area (TPSA) is 46.5 Å². The van der Waals surface area contributed by atoms with Gasteiger partial charge in [0.2, 0.25) is 0 Å². The quantitative estimate of drug-likeness (QED) is 0.620. The van der Waals surface area contributed by atoms with E-state index in [9.17, 15) is 9.90 Å². The molecule has 88 valence electrons. The summed E-state index contributed by atoms with van der Waals surface area (Å²) in [5.74, 6) is -0.212. The second-order valence-corrected chi connectivity index (χ2v) is 4.87. The van der Waals surface area contributed by atoms with Crippen LogP contribution in [0.1, 0.15) is 39.0 Å². The third-order valence-electron chi connectivity index (χ3n) is 3.18. The van der Waals surface area contributed by atoms with Crippen LogP contribution in [0.3, 0.4) is 0 Å². The predicted octanol–water partition coefficient (Wildman–Crippen LogP) is 2.26. The summed E-state index contributed by atoms with van der Waals surface area (Å²) in [6.45, 7) is 2.19. The molecule has 1 fully saturated rings. The fourth-order valence-electron chi connectivity index (χ4n) is 2.34. The average molecular weight is 279 g/mol. The van der Waals surface area contributed by atoms with Crippen LogP contribution in [-0.4, -0.2) is 29.1 Å². The van der Waals surface area contributed by atoms with Crippen LogP contribution in [0.5, 0.6) is 0 Å². The zero-order chi connectivity index (χ0) is 11.3. The van der Waals surface area contributed by atoms with Gasteiger partial charge in [0.15, 0.2) is 0 Å². The smallest absolute Gasteiger partial charge is 0.314 e. The van der Waals surface area contributed by atoms with E-state index in [0.717, 1.165) is 37.4 Å². The summed E-state index contributed by atoms with van der Waals surface area (Å²) in [6, 6.07) is 0. The van der Waals surface area contributed by atoms with Gasteiger partial charge in [-0.25, -0.2) is 0 Å². The first-order chi connectivity index (χ1) is 7.17. The van der Waals surface area contributed by atoms with Crippen molar-refractivity contribution in [3.63, 3.8) is 0 Å². The molecule has 0 heterocycles. The lowest BCUT2D eigenvalue weighted by atomic mass is 9.80. The first kappa shape index (κ1) is 13.0. The zero-order valence-electron chi connectivity index (χ0n) is 9.17. The highest BCUT2D eigenvalue weighted by atomic mass is 79.9. The first-order valence-corrected chi connectivity index (χ1v) is 6.70. The van der Waals surface area contributed by atoms with Crippen LogP contribution >= 0.6 is 15.9 Å². The van der Waals surface area contributed by atoms with Crippen molar-refractivity contribution in [3.05, 3.63) is 0 Å². The second kappa shape index (κ2) is 5.85. The minimum Gasteiger partial charge on any atom is -0.465 e. The van der Waals surface area contributed by atoms with Crippen LogP contribution in [-0.2, 0) is 9.53 Å². The van der Waals surface area contributed by atoms with Gasteiger partial charge in [0.1, 0.15) is 0 Å². The van der Waals surface area contributed by atoms with E-state index in [1.165, 1.54) is 0 Å². The lowest BCUT2D eigenvalue weighted by molar-refractivity contribution is -0.161. The maximum Gasteiger partial charge on any atom is 0.314 e. The number of esters is 1. The lowest BCUT2D eigenvalue weighted by Crippen LogP contribution is -2.39. The van der Waals surface area contributed by atoms with Gasteiger partial charge in [-0.15, -0.1) is 0 Å². The largest absolute Gasteiger partial charge is 0.465 e. The van der Waals surface area contributed by atoms with Gasteiger partial charge in [-0.1, -0.05) is 15.9 Å². The highest BCUT2D eigenvalue weighted by Gasteiger charge is 2.48.